The fourth-order valence-corrected chi connectivity index (χ4v) is 3.58. The predicted octanol–water partition coefficient (Wildman–Crippen LogP) is 2.18. The minimum atomic E-state index is -3.67. The van der Waals surface area contributed by atoms with E-state index in [2.05, 4.69) is 20.2 Å². The first kappa shape index (κ1) is 16.7. The maximum absolute atomic E-state index is 12.3. The van der Waals surface area contributed by atoms with Crippen LogP contribution in [0.5, 0.6) is 0 Å². The fourth-order valence-electron chi connectivity index (χ4n) is 2.48. The van der Waals surface area contributed by atoms with Gasteiger partial charge >= 0.3 is 0 Å². The van der Waals surface area contributed by atoms with E-state index in [4.69, 9.17) is 4.74 Å². The average molecular weight is 348 g/mol. The topological polar surface area (TPSA) is 93.2 Å². The molecule has 0 aliphatic carbocycles. The van der Waals surface area contributed by atoms with Gasteiger partial charge in [0.2, 0.25) is 0 Å². The number of benzene rings is 1. The first-order valence-electron chi connectivity index (χ1n) is 7.82. The van der Waals surface area contributed by atoms with Crippen LogP contribution in [0.3, 0.4) is 0 Å². The van der Waals surface area contributed by atoms with Crippen molar-refractivity contribution < 1.29 is 13.2 Å². The molecular formula is C16H20N4O3S. The number of hydrogen-bond acceptors (Lipinski definition) is 6. The van der Waals surface area contributed by atoms with Crippen molar-refractivity contribution in [2.45, 2.75) is 30.8 Å². The summed E-state index contributed by atoms with van der Waals surface area (Å²) in [4.78, 5) is 0.199. The summed E-state index contributed by atoms with van der Waals surface area (Å²) in [5.41, 5.74) is 0.873. The van der Waals surface area contributed by atoms with Gasteiger partial charge in [0, 0.05) is 13.2 Å². The lowest BCUT2D eigenvalue weighted by atomic mass is 10.2. The van der Waals surface area contributed by atoms with Crippen molar-refractivity contribution >= 4 is 21.7 Å². The Labute approximate surface area is 141 Å². The molecule has 2 heterocycles. The van der Waals surface area contributed by atoms with Crippen molar-refractivity contribution in [2.24, 2.45) is 0 Å². The number of hydrogen-bond donors (Lipinski definition) is 2. The van der Waals surface area contributed by atoms with Crippen molar-refractivity contribution in [1.82, 2.24) is 10.2 Å². The fraction of sp³-hybridized carbons (Fsp3) is 0.375. The summed E-state index contributed by atoms with van der Waals surface area (Å²) in [6, 6.07) is 9.96. The predicted molar refractivity (Wildman–Crippen MR) is 91.5 cm³/mol. The Morgan fingerprint density at radius 2 is 2.00 bits per heavy atom. The van der Waals surface area contributed by atoms with Crippen LogP contribution in [0.1, 0.15) is 18.4 Å². The van der Waals surface area contributed by atoms with Crippen molar-refractivity contribution in [3.63, 3.8) is 0 Å². The summed E-state index contributed by atoms with van der Waals surface area (Å²) in [6.45, 7) is 3.31. The van der Waals surface area contributed by atoms with Gasteiger partial charge in [-0.1, -0.05) is 12.1 Å². The molecule has 1 aromatic carbocycles. The number of ether oxygens (including phenoxy) is 1. The molecule has 0 amide bonds. The molecule has 1 unspecified atom stereocenters. The van der Waals surface area contributed by atoms with Crippen LogP contribution < -0.4 is 10.0 Å². The van der Waals surface area contributed by atoms with Gasteiger partial charge in [0.1, 0.15) is 5.82 Å². The van der Waals surface area contributed by atoms with Gasteiger partial charge in [-0.05, 0) is 49.6 Å². The summed E-state index contributed by atoms with van der Waals surface area (Å²) in [5, 5.41) is 11.0. The Bertz CT molecular complexity index is 787. The Balaban J connectivity index is 1.63. The molecule has 1 aromatic heterocycles. The maximum atomic E-state index is 12.3. The number of aromatic nitrogens is 2. The summed E-state index contributed by atoms with van der Waals surface area (Å²) in [5.74, 6) is 0.767. The van der Waals surface area contributed by atoms with Crippen LogP contribution in [-0.2, 0) is 14.8 Å². The van der Waals surface area contributed by atoms with Crippen LogP contribution in [0.4, 0.5) is 11.6 Å². The molecule has 0 radical (unpaired) electrons. The van der Waals surface area contributed by atoms with Crippen molar-refractivity contribution in [1.29, 1.82) is 0 Å². The molecule has 24 heavy (non-hydrogen) atoms. The number of aryl methyl sites for hydroxylation is 1. The highest BCUT2D eigenvalue weighted by Crippen LogP contribution is 2.16. The largest absolute Gasteiger partial charge is 0.376 e. The second kappa shape index (κ2) is 7.14. The first-order chi connectivity index (χ1) is 11.5. The molecule has 1 saturated heterocycles. The van der Waals surface area contributed by atoms with Crippen LogP contribution in [-0.4, -0.2) is 37.9 Å². The van der Waals surface area contributed by atoms with Gasteiger partial charge in [0.25, 0.3) is 10.0 Å². The zero-order valence-electron chi connectivity index (χ0n) is 13.4. The highest BCUT2D eigenvalue weighted by molar-refractivity contribution is 7.92. The van der Waals surface area contributed by atoms with E-state index in [9.17, 15) is 8.42 Å². The Morgan fingerprint density at radius 3 is 2.67 bits per heavy atom. The van der Waals surface area contributed by atoms with Crippen LogP contribution in [0.25, 0.3) is 0 Å². The minimum absolute atomic E-state index is 0.180. The molecule has 0 saturated carbocycles. The van der Waals surface area contributed by atoms with Crippen LogP contribution in [0.2, 0.25) is 0 Å². The summed E-state index contributed by atoms with van der Waals surface area (Å²) >= 11 is 0. The smallest absolute Gasteiger partial charge is 0.263 e. The minimum Gasteiger partial charge on any atom is -0.376 e. The van der Waals surface area contributed by atoms with Crippen LogP contribution in [0, 0.1) is 6.92 Å². The van der Waals surface area contributed by atoms with Gasteiger partial charge in [-0.3, -0.25) is 4.72 Å². The van der Waals surface area contributed by atoms with E-state index >= 15 is 0 Å². The quantitative estimate of drug-likeness (QED) is 0.831. The summed E-state index contributed by atoms with van der Waals surface area (Å²) in [7, 11) is -3.67. The second-order valence-electron chi connectivity index (χ2n) is 5.74. The lowest BCUT2D eigenvalue weighted by molar-refractivity contribution is 0.120. The van der Waals surface area contributed by atoms with Crippen molar-refractivity contribution in [3.05, 3.63) is 42.0 Å². The number of nitrogens with one attached hydrogen (secondary N) is 2. The molecule has 7 nitrogen and oxygen atoms in total. The molecule has 2 aromatic rings. The highest BCUT2D eigenvalue weighted by atomic mass is 32.2. The molecule has 3 rings (SSSR count). The lowest BCUT2D eigenvalue weighted by Gasteiger charge is -2.11. The zero-order valence-corrected chi connectivity index (χ0v) is 14.2. The molecule has 0 bridgehead atoms. The third-order valence-corrected chi connectivity index (χ3v) is 5.09. The number of sulfonamides is 1. The van der Waals surface area contributed by atoms with Gasteiger partial charge < -0.3 is 10.1 Å². The third-order valence-electron chi connectivity index (χ3n) is 3.74. The zero-order chi connectivity index (χ0) is 17.0. The molecular weight excluding hydrogens is 328 g/mol. The SMILES string of the molecule is Cc1cccc(S(=O)(=O)Nc2ccc(NCC3CCCO3)nn2)c1. The number of nitrogens with zero attached hydrogens (tertiary/aromatic N) is 2. The van der Waals surface area contributed by atoms with Crippen molar-refractivity contribution in [3.8, 4) is 0 Å². The first-order valence-corrected chi connectivity index (χ1v) is 9.30. The van der Waals surface area contributed by atoms with Crippen molar-refractivity contribution in [2.75, 3.05) is 23.2 Å². The van der Waals surface area contributed by atoms with Gasteiger partial charge in [-0.25, -0.2) is 8.42 Å². The van der Waals surface area contributed by atoms with E-state index in [1.807, 2.05) is 13.0 Å². The van der Waals surface area contributed by atoms with E-state index in [0.717, 1.165) is 25.0 Å². The monoisotopic (exact) mass is 348 g/mol. The van der Waals surface area contributed by atoms with Gasteiger partial charge in [-0.2, -0.15) is 0 Å². The molecule has 2 N–H and O–H groups in total. The average Bonchev–Trinajstić information content (AvgIpc) is 3.07. The molecule has 8 heteroatoms. The Kier molecular flexibility index (Phi) is 4.96. The van der Waals surface area contributed by atoms with E-state index in [1.54, 1.807) is 30.3 Å². The Hall–Kier alpha value is -2.19. The maximum Gasteiger partial charge on any atom is 0.263 e. The van der Waals surface area contributed by atoms with E-state index in [1.165, 1.54) is 0 Å². The van der Waals surface area contributed by atoms with E-state index < -0.39 is 10.0 Å². The standard InChI is InChI=1S/C16H20N4O3S/c1-12-4-2-6-14(10-12)24(21,22)20-16-8-7-15(18-19-16)17-11-13-5-3-9-23-13/h2,4,6-8,10,13H,3,5,9,11H2,1H3,(H,17,18)(H,19,20). The highest BCUT2D eigenvalue weighted by Gasteiger charge is 2.16. The molecule has 128 valence electrons. The Morgan fingerprint density at radius 1 is 1.21 bits per heavy atom. The number of anilines is 2. The van der Waals surface area contributed by atoms with E-state index in [0.29, 0.717) is 12.4 Å². The molecule has 1 aliphatic rings. The third kappa shape index (κ3) is 4.21. The summed E-state index contributed by atoms with van der Waals surface area (Å²) < 4.78 is 32.6. The number of rotatable bonds is 6. The van der Waals surface area contributed by atoms with Gasteiger partial charge in [0.05, 0.1) is 11.0 Å². The van der Waals surface area contributed by atoms with Crippen LogP contribution >= 0.6 is 0 Å². The molecule has 1 aliphatic heterocycles. The van der Waals surface area contributed by atoms with Crippen LogP contribution in [0.15, 0.2) is 41.3 Å². The summed E-state index contributed by atoms with van der Waals surface area (Å²) in [6.07, 6.45) is 2.32. The normalized spacial score (nSPS) is 17.6. The molecule has 1 atom stereocenters. The van der Waals surface area contributed by atoms with Gasteiger partial charge in [0.15, 0.2) is 5.82 Å². The second-order valence-corrected chi connectivity index (χ2v) is 7.42. The van der Waals surface area contributed by atoms with E-state index in [-0.39, 0.29) is 16.8 Å². The molecule has 1 fully saturated rings. The van der Waals surface area contributed by atoms with Gasteiger partial charge in [-0.15, -0.1) is 10.2 Å². The lowest BCUT2D eigenvalue weighted by Crippen LogP contribution is -2.19. The molecule has 0 spiro atoms.